The van der Waals surface area contributed by atoms with Crippen LogP contribution >= 0.6 is 11.6 Å². The Kier molecular flexibility index (Phi) is 7.54. The molecular weight excluding hydrogens is 486 g/mol. The van der Waals surface area contributed by atoms with Crippen molar-refractivity contribution in [3.63, 3.8) is 0 Å². The van der Waals surface area contributed by atoms with Crippen molar-refractivity contribution in [3.05, 3.63) is 85.3 Å². The highest BCUT2D eigenvalue weighted by molar-refractivity contribution is 6.29. The van der Waals surface area contributed by atoms with Crippen molar-refractivity contribution in [1.29, 1.82) is 0 Å². The van der Waals surface area contributed by atoms with Gasteiger partial charge in [-0.05, 0) is 68.2 Å². The minimum absolute atomic E-state index is 0.114. The number of allylic oxidation sites excluding steroid dienone is 4. The zero-order chi connectivity index (χ0) is 25.8. The first-order valence-corrected chi connectivity index (χ1v) is 11.9. The zero-order valence-electron chi connectivity index (χ0n) is 19.9. The number of ether oxygens (including phenoxy) is 1. The van der Waals surface area contributed by atoms with Crippen molar-refractivity contribution in [3.8, 4) is 5.75 Å². The fourth-order valence-corrected chi connectivity index (χ4v) is 3.99. The Balaban J connectivity index is 1.66. The highest BCUT2D eigenvalue weighted by Gasteiger charge is 2.18. The summed E-state index contributed by atoms with van der Waals surface area (Å²) in [6.07, 6.45) is 8.20. The first kappa shape index (κ1) is 25.2. The Hall–Kier alpha value is -3.92. The van der Waals surface area contributed by atoms with Gasteiger partial charge in [0, 0.05) is 11.6 Å². The van der Waals surface area contributed by atoms with Gasteiger partial charge in [-0.15, -0.1) is 0 Å². The summed E-state index contributed by atoms with van der Waals surface area (Å²) in [5, 5.41) is 9.83. The predicted molar refractivity (Wildman–Crippen MR) is 136 cm³/mol. The lowest BCUT2D eigenvalue weighted by Gasteiger charge is -2.15. The Labute approximate surface area is 211 Å². The molecule has 188 valence electrons. The number of nitrogens with one attached hydrogen (secondary N) is 1. The van der Waals surface area contributed by atoms with Gasteiger partial charge in [0.05, 0.1) is 24.7 Å². The molecule has 2 aliphatic rings. The first-order valence-electron chi connectivity index (χ1n) is 11.5. The Morgan fingerprint density at radius 3 is 2.69 bits per heavy atom. The second-order valence-electron chi connectivity index (χ2n) is 8.45. The van der Waals surface area contributed by atoms with E-state index in [-0.39, 0.29) is 25.3 Å². The van der Waals surface area contributed by atoms with Gasteiger partial charge in [0.1, 0.15) is 5.75 Å². The topological polar surface area (TPSA) is 131 Å². The number of aliphatic imine (C=N–C) groups is 1. The molecule has 0 bridgehead atoms. The first-order chi connectivity index (χ1) is 17.2. The summed E-state index contributed by atoms with van der Waals surface area (Å²) in [5.74, 6) is -0.738. The van der Waals surface area contributed by atoms with Crippen LogP contribution in [-0.4, -0.2) is 37.6 Å². The fourth-order valence-electron chi connectivity index (χ4n) is 3.83. The molecule has 2 N–H and O–H groups in total. The van der Waals surface area contributed by atoms with Crippen molar-refractivity contribution in [1.82, 2.24) is 14.1 Å². The van der Waals surface area contributed by atoms with Crippen LogP contribution in [0.2, 0.25) is 0 Å². The number of dihydropyridines is 1. The molecule has 1 unspecified atom stereocenters. The largest absolute Gasteiger partial charge is 0.481 e. The van der Waals surface area contributed by atoms with Gasteiger partial charge in [0.25, 0.3) is 0 Å². The van der Waals surface area contributed by atoms with E-state index >= 15 is 0 Å². The third-order valence-electron chi connectivity index (χ3n) is 5.88. The van der Waals surface area contributed by atoms with E-state index in [1.807, 2.05) is 19.1 Å². The summed E-state index contributed by atoms with van der Waals surface area (Å²) in [6.45, 7) is 4.18. The lowest BCUT2D eigenvalue weighted by molar-refractivity contribution is -0.139. The van der Waals surface area contributed by atoms with Gasteiger partial charge in [-0.1, -0.05) is 23.8 Å². The van der Waals surface area contributed by atoms with Crippen LogP contribution < -0.4 is 21.7 Å². The molecule has 11 heteroatoms. The van der Waals surface area contributed by atoms with Crippen LogP contribution in [0.4, 0.5) is 5.69 Å². The molecule has 10 nitrogen and oxygen atoms in total. The summed E-state index contributed by atoms with van der Waals surface area (Å²) in [4.78, 5) is 48.1. The minimum Gasteiger partial charge on any atom is -0.481 e. The monoisotopic (exact) mass is 511 g/mol. The lowest BCUT2D eigenvalue weighted by atomic mass is 10.1. The summed E-state index contributed by atoms with van der Waals surface area (Å²) >= 11 is 6.06. The number of aliphatic carboxylic acids is 1. The summed E-state index contributed by atoms with van der Waals surface area (Å²) < 4.78 is 8.38. The Morgan fingerprint density at radius 2 is 2.08 bits per heavy atom. The van der Waals surface area contributed by atoms with Crippen LogP contribution in [0.25, 0.3) is 0 Å². The average molecular weight is 512 g/mol. The molecule has 1 aromatic carbocycles. The fraction of sp³-hybridized carbons (Fsp3) is 0.320. The van der Waals surface area contributed by atoms with Crippen LogP contribution in [0.1, 0.15) is 25.3 Å². The summed E-state index contributed by atoms with van der Waals surface area (Å²) in [7, 11) is 0. The lowest BCUT2D eigenvalue weighted by Crippen LogP contribution is -2.49. The highest BCUT2D eigenvalue weighted by Crippen LogP contribution is 2.25. The zero-order valence-corrected chi connectivity index (χ0v) is 20.7. The van der Waals surface area contributed by atoms with Gasteiger partial charge in [0.2, 0.25) is 11.5 Å². The standard InChI is InChI=1S/C25H26ClN5O5/c1-3-30-24(34)29-23(31(25(30)35)14-16-4-7-18(26)8-5-16)28-19-9-10-20(15(2)12-19)36-21-11-6-17(13-27-21)22(32)33/h4,6-7,9-12,17H,3,5,8,13-14H2,1-2H3,(H,32,33)(H,28,29,34). The summed E-state index contributed by atoms with van der Waals surface area (Å²) in [6, 6.07) is 5.17. The molecule has 36 heavy (non-hydrogen) atoms. The van der Waals surface area contributed by atoms with Crippen LogP contribution in [0.3, 0.4) is 0 Å². The number of carboxylic acid groups (broad SMARTS) is 1. The number of rotatable bonds is 6. The molecule has 0 spiro atoms. The molecule has 0 saturated heterocycles. The summed E-state index contributed by atoms with van der Waals surface area (Å²) in [5.41, 5.74) is 1.43. The van der Waals surface area contributed by atoms with E-state index in [2.05, 4.69) is 15.0 Å². The molecule has 2 heterocycles. The van der Waals surface area contributed by atoms with Crippen LogP contribution in [-0.2, 0) is 17.9 Å². The minimum atomic E-state index is -0.932. The average Bonchev–Trinajstić information content (AvgIpc) is 2.85. The molecule has 2 aromatic rings. The Morgan fingerprint density at radius 1 is 1.28 bits per heavy atom. The van der Waals surface area contributed by atoms with Gasteiger partial charge < -0.3 is 9.84 Å². The number of H-pyrrole nitrogens is 1. The number of carbonyl (C=O) groups is 1. The second kappa shape index (κ2) is 10.8. The van der Waals surface area contributed by atoms with Gasteiger partial charge >= 0.3 is 17.3 Å². The van der Waals surface area contributed by atoms with Crippen molar-refractivity contribution in [2.75, 3.05) is 6.54 Å². The second-order valence-corrected chi connectivity index (χ2v) is 8.94. The van der Waals surface area contributed by atoms with Gasteiger partial charge in [-0.3, -0.25) is 19.3 Å². The van der Waals surface area contributed by atoms with E-state index in [9.17, 15) is 14.4 Å². The maximum absolute atomic E-state index is 13.1. The SMILES string of the molecule is CCn1c(=O)[nH]/c(=N\c2ccc(OC3=NCC(C(=O)O)C=C3)c(C)c2)n(CC2=CC=C(Cl)CC2)c1=O. The van der Waals surface area contributed by atoms with E-state index in [4.69, 9.17) is 21.4 Å². The number of aryl methyl sites for hydroxylation is 1. The van der Waals surface area contributed by atoms with Gasteiger partial charge in [0.15, 0.2) is 0 Å². The molecule has 1 aliphatic heterocycles. The van der Waals surface area contributed by atoms with Gasteiger partial charge in [-0.2, -0.15) is 0 Å². The number of carboxylic acids is 1. The smallest absolute Gasteiger partial charge is 0.335 e. The molecule has 4 rings (SSSR count). The number of halogens is 1. The Bertz CT molecular complexity index is 1510. The van der Waals surface area contributed by atoms with Crippen molar-refractivity contribution in [2.45, 2.75) is 39.8 Å². The van der Waals surface area contributed by atoms with E-state index in [0.717, 1.165) is 20.7 Å². The van der Waals surface area contributed by atoms with E-state index in [1.165, 1.54) is 4.57 Å². The third kappa shape index (κ3) is 5.65. The van der Waals surface area contributed by atoms with E-state index in [0.29, 0.717) is 30.2 Å². The number of hydrogen-bond acceptors (Lipinski definition) is 6. The number of aromatic amines is 1. The van der Waals surface area contributed by atoms with Crippen molar-refractivity contribution < 1.29 is 14.6 Å². The molecule has 1 aromatic heterocycles. The highest BCUT2D eigenvalue weighted by atomic mass is 35.5. The maximum Gasteiger partial charge on any atom is 0.335 e. The number of hydrogen-bond donors (Lipinski definition) is 2. The molecule has 1 aliphatic carbocycles. The molecule has 0 radical (unpaired) electrons. The van der Waals surface area contributed by atoms with Crippen LogP contribution in [0, 0.1) is 12.8 Å². The molecule has 0 saturated carbocycles. The van der Waals surface area contributed by atoms with Crippen molar-refractivity contribution in [2.24, 2.45) is 15.9 Å². The predicted octanol–water partition coefficient (Wildman–Crippen LogP) is 2.79. The molecule has 0 amide bonds. The van der Waals surface area contributed by atoms with Gasteiger partial charge in [-0.25, -0.2) is 19.1 Å². The number of benzene rings is 1. The van der Waals surface area contributed by atoms with Crippen molar-refractivity contribution >= 4 is 29.2 Å². The quantitative estimate of drug-likeness (QED) is 0.615. The normalized spacial score (nSPS) is 17.9. The van der Waals surface area contributed by atoms with E-state index in [1.54, 1.807) is 37.3 Å². The number of aromatic nitrogens is 3. The molecular formula is C25H26ClN5O5. The van der Waals surface area contributed by atoms with E-state index < -0.39 is 23.3 Å². The van der Waals surface area contributed by atoms with Crippen LogP contribution in [0.5, 0.6) is 5.75 Å². The molecule has 0 fully saturated rings. The third-order valence-corrected chi connectivity index (χ3v) is 6.20. The number of nitrogens with zero attached hydrogens (tertiary/aromatic N) is 4. The van der Waals surface area contributed by atoms with Crippen LogP contribution in [0.15, 0.2) is 72.7 Å². The molecule has 1 atom stereocenters. The maximum atomic E-state index is 13.1.